The summed E-state index contributed by atoms with van der Waals surface area (Å²) in [4.78, 5) is 32.9. The lowest BCUT2D eigenvalue weighted by atomic mass is 9.93. The Balaban J connectivity index is 1.62. The monoisotopic (exact) mass is 338 g/mol. The number of nitrogens with two attached hydrogens (primary N) is 1. The topological polar surface area (TPSA) is 107 Å². The van der Waals surface area contributed by atoms with Crippen LogP contribution in [0, 0.1) is 0 Å². The number of carbonyl (C=O) groups excluding carboxylic acids is 2. The molecule has 2 heterocycles. The number of Topliss-reactive ketones (excluding diaryl/α,β-unsaturated/α-hetero) is 1. The van der Waals surface area contributed by atoms with Crippen LogP contribution < -0.4 is 15.8 Å². The molecule has 0 bridgehead atoms. The summed E-state index contributed by atoms with van der Waals surface area (Å²) in [6.07, 6.45) is 5.69. The lowest BCUT2D eigenvalue weighted by molar-refractivity contribution is -0.128. The maximum absolute atomic E-state index is 13.1. The molecule has 1 aliphatic heterocycles. The summed E-state index contributed by atoms with van der Waals surface area (Å²) in [5, 5.41) is 3.24. The zero-order valence-corrected chi connectivity index (χ0v) is 13.6. The van der Waals surface area contributed by atoms with Crippen LogP contribution in [0.3, 0.4) is 0 Å². The number of ketones is 1. The smallest absolute Gasteiger partial charge is 0.248 e. The van der Waals surface area contributed by atoms with Gasteiger partial charge in [0, 0.05) is 42.8 Å². The Hall–Kier alpha value is -2.80. The first-order chi connectivity index (χ1) is 12.1. The molecule has 1 aromatic heterocycles. The molecule has 0 radical (unpaired) electrons. The van der Waals surface area contributed by atoms with Crippen molar-refractivity contribution in [3.63, 3.8) is 0 Å². The van der Waals surface area contributed by atoms with Crippen molar-refractivity contribution in [2.24, 2.45) is 5.73 Å². The van der Waals surface area contributed by atoms with E-state index in [0.717, 1.165) is 18.4 Å². The summed E-state index contributed by atoms with van der Waals surface area (Å²) in [5.74, 6) is -0.00266. The second-order valence-corrected chi connectivity index (χ2v) is 6.46. The SMILES string of the molecule is NC(=O)c1ccc2c(c1)OC(C(=O)C1(c3cnccn3)CC1)CNC2. The van der Waals surface area contributed by atoms with Gasteiger partial charge in [0.05, 0.1) is 11.1 Å². The number of hydrogen-bond donors (Lipinski definition) is 2. The molecule has 1 unspecified atom stereocenters. The van der Waals surface area contributed by atoms with Crippen LogP contribution >= 0.6 is 0 Å². The highest BCUT2D eigenvalue weighted by atomic mass is 16.5. The van der Waals surface area contributed by atoms with Gasteiger partial charge in [0.1, 0.15) is 5.75 Å². The van der Waals surface area contributed by atoms with Gasteiger partial charge in [-0.2, -0.15) is 0 Å². The third kappa shape index (κ3) is 2.76. The average molecular weight is 338 g/mol. The summed E-state index contributed by atoms with van der Waals surface area (Å²) in [5.41, 5.74) is 6.69. The molecule has 0 saturated heterocycles. The molecule has 2 aromatic rings. The number of hydrogen-bond acceptors (Lipinski definition) is 6. The van der Waals surface area contributed by atoms with E-state index in [1.807, 2.05) is 0 Å². The van der Waals surface area contributed by atoms with Crippen LogP contribution in [0.15, 0.2) is 36.8 Å². The normalized spacial score (nSPS) is 20.7. The molecule has 128 valence electrons. The minimum atomic E-state index is -0.645. The summed E-state index contributed by atoms with van der Waals surface area (Å²) in [6.45, 7) is 0.970. The number of ether oxygens (including phenoxy) is 1. The Kier molecular flexibility index (Phi) is 3.73. The number of carbonyl (C=O) groups is 2. The van der Waals surface area contributed by atoms with E-state index < -0.39 is 17.4 Å². The molecule has 3 N–H and O–H groups in total. The fourth-order valence-corrected chi connectivity index (χ4v) is 3.25. The molecule has 4 rings (SSSR count). The van der Waals surface area contributed by atoms with Gasteiger partial charge in [-0.25, -0.2) is 0 Å². The van der Waals surface area contributed by atoms with Crippen LogP contribution in [0.5, 0.6) is 5.75 Å². The van der Waals surface area contributed by atoms with Crippen molar-refractivity contribution in [2.75, 3.05) is 6.54 Å². The number of nitrogens with one attached hydrogen (secondary N) is 1. The van der Waals surface area contributed by atoms with Crippen LogP contribution in [0.1, 0.15) is 34.5 Å². The largest absolute Gasteiger partial charge is 0.481 e. The third-order valence-corrected chi connectivity index (χ3v) is 4.83. The van der Waals surface area contributed by atoms with E-state index in [0.29, 0.717) is 30.1 Å². The molecule has 1 aliphatic carbocycles. The van der Waals surface area contributed by atoms with Crippen molar-refractivity contribution < 1.29 is 14.3 Å². The number of fused-ring (bicyclic) bond motifs is 1. The van der Waals surface area contributed by atoms with E-state index in [4.69, 9.17) is 10.5 Å². The maximum atomic E-state index is 13.1. The van der Waals surface area contributed by atoms with Crippen molar-refractivity contribution in [3.8, 4) is 5.75 Å². The fraction of sp³-hybridized carbons (Fsp3) is 0.333. The average Bonchev–Trinajstić information content (AvgIpc) is 3.45. The van der Waals surface area contributed by atoms with Crippen molar-refractivity contribution >= 4 is 11.7 Å². The van der Waals surface area contributed by atoms with Gasteiger partial charge in [0.15, 0.2) is 11.9 Å². The van der Waals surface area contributed by atoms with E-state index in [9.17, 15) is 9.59 Å². The van der Waals surface area contributed by atoms with Gasteiger partial charge >= 0.3 is 0 Å². The quantitative estimate of drug-likeness (QED) is 0.851. The van der Waals surface area contributed by atoms with Crippen molar-refractivity contribution in [3.05, 3.63) is 53.6 Å². The number of primary amides is 1. The Morgan fingerprint density at radius 1 is 1.28 bits per heavy atom. The first-order valence-electron chi connectivity index (χ1n) is 8.21. The van der Waals surface area contributed by atoms with Crippen LogP contribution in [-0.4, -0.2) is 34.3 Å². The molecule has 7 nitrogen and oxygen atoms in total. The van der Waals surface area contributed by atoms with Crippen LogP contribution in [-0.2, 0) is 16.8 Å². The highest BCUT2D eigenvalue weighted by Crippen LogP contribution is 2.49. The minimum absolute atomic E-state index is 0.00201. The zero-order chi connectivity index (χ0) is 17.4. The summed E-state index contributed by atoms with van der Waals surface area (Å²) >= 11 is 0. The number of amides is 1. The molecular formula is C18H18N4O3. The summed E-state index contributed by atoms with van der Waals surface area (Å²) in [7, 11) is 0. The molecular weight excluding hydrogens is 320 g/mol. The Morgan fingerprint density at radius 3 is 2.80 bits per heavy atom. The van der Waals surface area contributed by atoms with Gasteiger partial charge in [-0.1, -0.05) is 6.07 Å². The van der Waals surface area contributed by atoms with Gasteiger partial charge in [0.2, 0.25) is 5.91 Å². The molecule has 1 aromatic carbocycles. The van der Waals surface area contributed by atoms with Crippen molar-refractivity contribution in [1.82, 2.24) is 15.3 Å². The predicted octanol–water partition coefficient (Wildman–Crippen LogP) is 0.727. The van der Waals surface area contributed by atoms with Gasteiger partial charge in [-0.3, -0.25) is 19.6 Å². The second-order valence-electron chi connectivity index (χ2n) is 6.46. The van der Waals surface area contributed by atoms with Crippen molar-refractivity contribution in [1.29, 1.82) is 0 Å². The molecule has 25 heavy (non-hydrogen) atoms. The molecule has 2 aliphatic rings. The number of benzene rings is 1. The number of nitrogens with zero attached hydrogens (tertiary/aromatic N) is 2. The van der Waals surface area contributed by atoms with Gasteiger partial charge in [-0.05, 0) is 25.0 Å². The summed E-state index contributed by atoms with van der Waals surface area (Å²) < 4.78 is 5.99. The Bertz CT molecular complexity index is 833. The minimum Gasteiger partial charge on any atom is -0.481 e. The van der Waals surface area contributed by atoms with Gasteiger partial charge in [-0.15, -0.1) is 0 Å². The van der Waals surface area contributed by atoms with Crippen LogP contribution in [0.4, 0.5) is 0 Å². The van der Waals surface area contributed by atoms with E-state index in [-0.39, 0.29) is 5.78 Å². The molecule has 1 amide bonds. The van der Waals surface area contributed by atoms with Crippen LogP contribution in [0.25, 0.3) is 0 Å². The number of aromatic nitrogens is 2. The highest BCUT2D eigenvalue weighted by molar-refractivity contribution is 5.96. The standard InChI is InChI=1S/C18H18N4O3/c19-17(24)11-1-2-12-8-21-9-14(25-13(12)7-11)16(23)18(3-4-18)15-10-20-5-6-22-15/h1-2,5-7,10,14,21H,3-4,8-9H2,(H2,19,24). The van der Waals surface area contributed by atoms with Crippen molar-refractivity contribution in [2.45, 2.75) is 30.9 Å². The van der Waals surface area contributed by atoms with Gasteiger partial charge in [0.25, 0.3) is 0 Å². The van der Waals surface area contributed by atoms with E-state index in [2.05, 4.69) is 15.3 Å². The first-order valence-corrected chi connectivity index (χ1v) is 8.21. The van der Waals surface area contributed by atoms with E-state index >= 15 is 0 Å². The third-order valence-electron chi connectivity index (χ3n) is 4.83. The zero-order valence-electron chi connectivity index (χ0n) is 13.6. The molecule has 1 saturated carbocycles. The van der Waals surface area contributed by atoms with Gasteiger partial charge < -0.3 is 15.8 Å². The highest BCUT2D eigenvalue weighted by Gasteiger charge is 2.55. The number of rotatable bonds is 4. The molecule has 0 spiro atoms. The molecule has 1 atom stereocenters. The van der Waals surface area contributed by atoms with Crippen LogP contribution in [0.2, 0.25) is 0 Å². The van der Waals surface area contributed by atoms with E-state index in [1.165, 1.54) is 0 Å². The summed E-state index contributed by atoms with van der Waals surface area (Å²) in [6, 6.07) is 5.06. The fourth-order valence-electron chi connectivity index (χ4n) is 3.25. The predicted molar refractivity (Wildman–Crippen MR) is 89.0 cm³/mol. The van der Waals surface area contributed by atoms with E-state index in [1.54, 1.807) is 36.8 Å². The Labute approximate surface area is 144 Å². The molecule has 7 heteroatoms. The maximum Gasteiger partial charge on any atom is 0.248 e. The second kappa shape index (κ2) is 5.93. The lowest BCUT2D eigenvalue weighted by Gasteiger charge is -2.21. The Morgan fingerprint density at radius 2 is 2.12 bits per heavy atom. The molecule has 1 fully saturated rings. The first kappa shape index (κ1) is 15.7. The lowest BCUT2D eigenvalue weighted by Crippen LogP contribution is -2.42.